The SMILES string of the molecule is O=C(N[C@H]1CCc2ccccc21)c1cc(COc2cccc(C(F)(F)F)c2)on1. The molecule has 3 aromatic rings. The number of hydrogen-bond donors (Lipinski definition) is 1. The molecule has 29 heavy (non-hydrogen) atoms. The average molecular weight is 402 g/mol. The molecule has 0 unspecified atom stereocenters. The number of carbonyl (C=O) groups is 1. The maximum atomic E-state index is 12.8. The lowest BCUT2D eigenvalue weighted by molar-refractivity contribution is -0.137. The molecule has 8 heteroatoms. The van der Waals surface area contributed by atoms with Crippen molar-refractivity contribution in [2.45, 2.75) is 31.7 Å². The van der Waals surface area contributed by atoms with Crippen molar-refractivity contribution in [1.29, 1.82) is 0 Å². The van der Waals surface area contributed by atoms with Crippen molar-refractivity contribution in [1.82, 2.24) is 10.5 Å². The molecule has 1 aromatic heterocycles. The van der Waals surface area contributed by atoms with Crippen LogP contribution in [0.4, 0.5) is 13.2 Å². The molecule has 1 atom stereocenters. The van der Waals surface area contributed by atoms with E-state index in [2.05, 4.69) is 10.5 Å². The number of fused-ring (bicyclic) bond motifs is 1. The number of nitrogens with one attached hydrogen (secondary N) is 1. The quantitative estimate of drug-likeness (QED) is 0.673. The first-order valence-electron chi connectivity index (χ1n) is 9.04. The fraction of sp³-hybridized carbons (Fsp3) is 0.238. The Labute approximate surface area is 164 Å². The van der Waals surface area contributed by atoms with Gasteiger partial charge in [-0.15, -0.1) is 0 Å². The van der Waals surface area contributed by atoms with Gasteiger partial charge in [0.1, 0.15) is 12.4 Å². The number of aromatic nitrogens is 1. The molecule has 0 saturated heterocycles. The Kier molecular flexibility index (Phi) is 5.00. The molecule has 1 aliphatic rings. The van der Waals surface area contributed by atoms with Gasteiger partial charge in [0, 0.05) is 6.07 Å². The van der Waals surface area contributed by atoms with E-state index >= 15 is 0 Å². The molecular formula is C21H17F3N2O3. The smallest absolute Gasteiger partial charge is 0.416 e. The molecule has 0 aliphatic heterocycles. The molecule has 2 aromatic carbocycles. The molecule has 0 saturated carbocycles. The van der Waals surface area contributed by atoms with Crippen LogP contribution in [0.2, 0.25) is 0 Å². The van der Waals surface area contributed by atoms with Crippen molar-refractivity contribution < 1.29 is 27.2 Å². The number of rotatable bonds is 5. The van der Waals surface area contributed by atoms with E-state index in [1.54, 1.807) is 0 Å². The summed E-state index contributed by atoms with van der Waals surface area (Å²) in [6, 6.07) is 13.8. The van der Waals surface area contributed by atoms with Crippen molar-refractivity contribution in [3.63, 3.8) is 0 Å². The second kappa shape index (κ2) is 7.62. The van der Waals surface area contributed by atoms with Gasteiger partial charge in [-0.1, -0.05) is 35.5 Å². The molecule has 4 rings (SSSR count). The molecule has 5 nitrogen and oxygen atoms in total. The van der Waals surface area contributed by atoms with Crippen LogP contribution >= 0.6 is 0 Å². The van der Waals surface area contributed by atoms with Crippen LogP contribution in [0.25, 0.3) is 0 Å². The number of aryl methyl sites for hydroxylation is 1. The molecule has 0 spiro atoms. The molecule has 1 aliphatic carbocycles. The minimum Gasteiger partial charge on any atom is -0.486 e. The Balaban J connectivity index is 1.37. The highest BCUT2D eigenvalue weighted by Crippen LogP contribution is 2.32. The highest BCUT2D eigenvalue weighted by Gasteiger charge is 2.30. The standard InChI is InChI=1S/C21H17F3N2O3/c22-21(23,24)14-5-3-6-15(10-14)28-12-16-11-19(26-29-16)20(27)25-18-9-8-13-4-1-2-7-17(13)18/h1-7,10-11,18H,8-9,12H2,(H,25,27)/t18-/m0/s1. The third-order valence-corrected chi connectivity index (χ3v) is 4.77. The first kappa shape index (κ1) is 19.0. The first-order valence-corrected chi connectivity index (χ1v) is 9.04. The summed E-state index contributed by atoms with van der Waals surface area (Å²) >= 11 is 0. The lowest BCUT2D eigenvalue weighted by atomic mass is 10.1. The van der Waals surface area contributed by atoms with Gasteiger partial charge in [0.25, 0.3) is 5.91 Å². The largest absolute Gasteiger partial charge is 0.486 e. The minimum atomic E-state index is -4.45. The Bertz CT molecular complexity index is 1030. The van der Waals surface area contributed by atoms with Crippen LogP contribution in [-0.4, -0.2) is 11.1 Å². The summed E-state index contributed by atoms with van der Waals surface area (Å²) in [5, 5.41) is 6.67. The number of carbonyl (C=O) groups excluding carboxylic acids is 1. The molecule has 150 valence electrons. The number of hydrogen-bond acceptors (Lipinski definition) is 4. The summed E-state index contributed by atoms with van der Waals surface area (Å²) in [7, 11) is 0. The van der Waals surface area contributed by atoms with Crippen LogP contribution in [0, 0.1) is 0 Å². The Hall–Kier alpha value is -3.29. The van der Waals surface area contributed by atoms with Crippen molar-refractivity contribution >= 4 is 5.91 Å². The van der Waals surface area contributed by atoms with Crippen LogP contribution < -0.4 is 10.1 Å². The molecule has 0 fully saturated rings. The van der Waals surface area contributed by atoms with Crippen LogP contribution in [0.5, 0.6) is 5.75 Å². The predicted molar refractivity (Wildman–Crippen MR) is 97.2 cm³/mol. The maximum absolute atomic E-state index is 12.8. The average Bonchev–Trinajstić information content (AvgIpc) is 3.34. The third kappa shape index (κ3) is 4.26. The van der Waals surface area contributed by atoms with Gasteiger partial charge in [-0.25, -0.2) is 0 Å². The minimum absolute atomic E-state index is 0.0461. The van der Waals surface area contributed by atoms with E-state index in [9.17, 15) is 18.0 Å². The van der Waals surface area contributed by atoms with E-state index in [4.69, 9.17) is 9.26 Å². The fourth-order valence-electron chi connectivity index (χ4n) is 3.34. The predicted octanol–water partition coefficient (Wildman–Crippen LogP) is 4.69. The third-order valence-electron chi connectivity index (χ3n) is 4.77. The van der Waals surface area contributed by atoms with Crippen LogP contribution in [0.3, 0.4) is 0 Å². The summed E-state index contributed by atoms with van der Waals surface area (Å²) in [5.41, 5.74) is 1.60. The number of amides is 1. The molecular weight excluding hydrogens is 385 g/mol. The monoisotopic (exact) mass is 402 g/mol. The Morgan fingerprint density at radius 2 is 2.00 bits per heavy atom. The highest BCUT2D eigenvalue weighted by atomic mass is 19.4. The van der Waals surface area contributed by atoms with Crippen molar-refractivity contribution in [3.05, 3.63) is 82.7 Å². The van der Waals surface area contributed by atoms with E-state index in [1.165, 1.54) is 23.8 Å². The number of halogens is 3. The molecule has 1 N–H and O–H groups in total. The summed E-state index contributed by atoms with van der Waals surface area (Å²) < 4.78 is 48.7. The number of ether oxygens (including phenoxy) is 1. The van der Waals surface area contributed by atoms with Gasteiger partial charge in [-0.05, 0) is 42.2 Å². The van der Waals surface area contributed by atoms with E-state index in [-0.39, 0.29) is 35.8 Å². The highest BCUT2D eigenvalue weighted by molar-refractivity contribution is 5.92. The number of nitrogens with zero attached hydrogens (tertiary/aromatic N) is 1. The number of benzene rings is 2. The van der Waals surface area contributed by atoms with Gasteiger partial charge >= 0.3 is 6.18 Å². The van der Waals surface area contributed by atoms with E-state index in [1.807, 2.05) is 24.3 Å². The zero-order valence-corrected chi connectivity index (χ0v) is 15.2. The van der Waals surface area contributed by atoms with Crippen molar-refractivity contribution in [2.75, 3.05) is 0 Å². The van der Waals surface area contributed by atoms with Crippen molar-refractivity contribution in [3.8, 4) is 5.75 Å². The van der Waals surface area contributed by atoms with Gasteiger partial charge in [0.2, 0.25) is 0 Å². The van der Waals surface area contributed by atoms with Crippen LogP contribution in [-0.2, 0) is 19.2 Å². The van der Waals surface area contributed by atoms with Gasteiger partial charge < -0.3 is 14.6 Å². The molecule has 0 radical (unpaired) electrons. The van der Waals surface area contributed by atoms with E-state index in [0.717, 1.165) is 30.5 Å². The van der Waals surface area contributed by atoms with Gasteiger partial charge in [0.15, 0.2) is 11.5 Å². The van der Waals surface area contributed by atoms with E-state index in [0.29, 0.717) is 0 Å². The lowest BCUT2D eigenvalue weighted by Crippen LogP contribution is -2.27. The Morgan fingerprint density at radius 1 is 1.17 bits per heavy atom. The topological polar surface area (TPSA) is 64.4 Å². The lowest BCUT2D eigenvalue weighted by Gasteiger charge is -2.12. The Morgan fingerprint density at radius 3 is 2.83 bits per heavy atom. The van der Waals surface area contributed by atoms with E-state index < -0.39 is 11.7 Å². The summed E-state index contributed by atoms with van der Waals surface area (Å²) in [4.78, 5) is 12.5. The zero-order chi connectivity index (χ0) is 20.4. The second-order valence-electron chi connectivity index (χ2n) is 6.76. The maximum Gasteiger partial charge on any atom is 0.416 e. The fourth-order valence-corrected chi connectivity index (χ4v) is 3.34. The molecule has 1 amide bonds. The van der Waals surface area contributed by atoms with Crippen LogP contribution in [0.15, 0.2) is 59.1 Å². The van der Waals surface area contributed by atoms with Crippen molar-refractivity contribution in [2.24, 2.45) is 0 Å². The molecule has 0 bridgehead atoms. The number of alkyl halides is 3. The zero-order valence-electron chi connectivity index (χ0n) is 15.2. The second-order valence-corrected chi connectivity index (χ2v) is 6.76. The summed E-state index contributed by atoms with van der Waals surface area (Å²) in [5.74, 6) is -0.0926. The van der Waals surface area contributed by atoms with Gasteiger partial charge in [-0.3, -0.25) is 4.79 Å². The van der Waals surface area contributed by atoms with Crippen LogP contribution in [0.1, 0.15) is 45.4 Å². The summed E-state index contributed by atoms with van der Waals surface area (Å²) in [6.07, 6.45) is -2.74. The normalized spacial score (nSPS) is 15.8. The first-order chi connectivity index (χ1) is 13.9. The van der Waals surface area contributed by atoms with Gasteiger partial charge in [-0.2, -0.15) is 13.2 Å². The molecule has 1 heterocycles. The van der Waals surface area contributed by atoms with Gasteiger partial charge in [0.05, 0.1) is 11.6 Å². The summed E-state index contributed by atoms with van der Waals surface area (Å²) in [6.45, 7) is -0.145.